The van der Waals surface area contributed by atoms with Gasteiger partial charge in [-0.05, 0) is 32.9 Å². The van der Waals surface area contributed by atoms with Crippen molar-refractivity contribution in [1.29, 1.82) is 0 Å². The molecule has 0 fully saturated rings. The highest BCUT2D eigenvalue weighted by Crippen LogP contribution is 2.32. The standard InChI is InChI=1S/C13H17F3N2O3/c1-12(2,3)21-11(19)18-10-6-9(13(14,15)16)5-4-8(10)7-20-17/h4-6H,7,17H2,1-3H3,(H,18,19). The Kier molecular flexibility index (Phi) is 5.19. The molecule has 1 aromatic rings. The van der Waals surface area contributed by atoms with Gasteiger partial charge in [0.25, 0.3) is 0 Å². The summed E-state index contributed by atoms with van der Waals surface area (Å²) in [4.78, 5) is 16.1. The maximum absolute atomic E-state index is 12.7. The van der Waals surface area contributed by atoms with E-state index in [1.807, 2.05) is 0 Å². The molecule has 0 aliphatic carbocycles. The van der Waals surface area contributed by atoms with Crippen LogP contribution in [-0.4, -0.2) is 11.7 Å². The van der Waals surface area contributed by atoms with Gasteiger partial charge in [-0.15, -0.1) is 0 Å². The number of carbonyl (C=O) groups is 1. The summed E-state index contributed by atoms with van der Waals surface area (Å²) in [6, 6.07) is 2.87. The molecule has 0 atom stereocenters. The minimum Gasteiger partial charge on any atom is -0.444 e. The fourth-order valence-corrected chi connectivity index (χ4v) is 1.50. The highest BCUT2D eigenvalue weighted by molar-refractivity contribution is 5.86. The molecule has 0 aliphatic heterocycles. The number of nitrogens with two attached hydrogens (primary N) is 1. The van der Waals surface area contributed by atoms with Crippen LogP contribution in [0.5, 0.6) is 0 Å². The summed E-state index contributed by atoms with van der Waals surface area (Å²) >= 11 is 0. The van der Waals surface area contributed by atoms with Gasteiger partial charge in [0.15, 0.2) is 0 Å². The average molecular weight is 306 g/mol. The molecule has 0 unspecified atom stereocenters. The van der Waals surface area contributed by atoms with Crippen molar-refractivity contribution in [2.24, 2.45) is 5.90 Å². The number of anilines is 1. The normalized spacial score (nSPS) is 12.1. The largest absolute Gasteiger partial charge is 0.444 e. The Balaban J connectivity index is 3.04. The second-order valence-electron chi connectivity index (χ2n) is 5.31. The number of hydrogen-bond donors (Lipinski definition) is 2. The molecule has 5 nitrogen and oxygen atoms in total. The Labute approximate surface area is 120 Å². The van der Waals surface area contributed by atoms with Crippen molar-refractivity contribution in [3.8, 4) is 0 Å². The Hall–Kier alpha value is -1.80. The minimum absolute atomic E-state index is 0.0653. The van der Waals surface area contributed by atoms with Crippen molar-refractivity contribution in [3.05, 3.63) is 29.3 Å². The Bertz CT molecular complexity index is 510. The lowest BCUT2D eigenvalue weighted by Crippen LogP contribution is -2.27. The first-order valence-corrected chi connectivity index (χ1v) is 6.05. The molecule has 0 aromatic heterocycles. The van der Waals surface area contributed by atoms with E-state index < -0.39 is 23.4 Å². The summed E-state index contributed by atoms with van der Waals surface area (Å²) in [5.41, 5.74) is -1.42. The van der Waals surface area contributed by atoms with Gasteiger partial charge in [-0.3, -0.25) is 10.2 Å². The molecule has 0 bridgehead atoms. The molecular weight excluding hydrogens is 289 g/mol. The number of hydrogen-bond acceptors (Lipinski definition) is 4. The molecule has 0 spiro atoms. The lowest BCUT2D eigenvalue weighted by atomic mass is 10.1. The third kappa shape index (κ3) is 5.60. The third-order valence-corrected chi connectivity index (χ3v) is 2.31. The number of ether oxygens (including phenoxy) is 1. The summed E-state index contributed by atoms with van der Waals surface area (Å²) in [5.74, 6) is 4.92. The van der Waals surface area contributed by atoms with E-state index in [2.05, 4.69) is 10.2 Å². The van der Waals surface area contributed by atoms with Gasteiger partial charge in [0.1, 0.15) is 5.60 Å². The predicted molar refractivity (Wildman–Crippen MR) is 70.3 cm³/mol. The van der Waals surface area contributed by atoms with Gasteiger partial charge in [0, 0.05) is 5.56 Å². The van der Waals surface area contributed by atoms with Crippen LogP contribution in [0.4, 0.5) is 23.7 Å². The molecule has 0 saturated heterocycles. The molecule has 8 heteroatoms. The monoisotopic (exact) mass is 306 g/mol. The zero-order chi connectivity index (χ0) is 16.3. The van der Waals surface area contributed by atoms with Crippen LogP contribution in [-0.2, 0) is 22.4 Å². The van der Waals surface area contributed by atoms with E-state index in [-0.39, 0.29) is 12.3 Å². The van der Waals surface area contributed by atoms with Crippen LogP contribution in [0.15, 0.2) is 18.2 Å². The van der Waals surface area contributed by atoms with E-state index in [9.17, 15) is 18.0 Å². The third-order valence-electron chi connectivity index (χ3n) is 2.31. The number of amides is 1. The molecule has 1 aromatic carbocycles. The fourth-order valence-electron chi connectivity index (χ4n) is 1.50. The zero-order valence-corrected chi connectivity index (χ0v) is 11.9. The smallest absolute Gasteiger partial charge is 0.416 e. The molecule has 0 aliphatic rings. The van der Waals surface area contributed by atoms with Crippen molar-refractivity contribution in [3.63, 3.8) is 0 Å². The second kappa shape index (κ2) is 6.31. The maximum atomic E-state index is 12.7. The van der Waals surface area contributed by atoms with Gasteiger partial charge < -0.3 is 4.74 Å². The summed E-state index contributed by atoms with van der Waals surface area (Å²) in [5, 5.41) is 2.27. The van der Waals surface area contributed by atoms with Crippen molar-refractivity contribution in [1.82, 2.24) is 0 Å². The molecule has 0 saturated carbocycles. The Morgan fingerprint density at radius 3 is 2.38 bits per heavy atom. The van der Waals surface area contributed by atoms with Gasteiger partial charge in [-0.2, -0.15) is 13.2 Å². The number of carbonyl (C=O) groups excluding carboxylic acids is 1. The van der Waals surface area contributed by atoms with Crippen LogP contribution >= 0.6 is 0 Å². The van der Waals surface area contributed by atoms with E-state index in [1.54, 1.807) is 20.8 Å². The fraction of sp³-hybridized carbons (Fsp3) is 0.462. The van der Waals surface area contributed by atoms with Gasteiger partial charge in [-0.1, -0.05) is 6.07 Å². The van der Waals surface area contributed by atoms with Crippen LogP contribution in [0, 0.1) is 0 Å². The summed E-state index contributed by atoms with van der Waals surface area (Å²) < 4.78 is 43.1. The lowest BCUT2D eigenvalue weighted by Gasteiger charge is -2.21. The number of halogens is 3. The van der Waals surface area contributed by atoms with Crippen LogP contribution in [0.2, 0.25) is 0 Å². The first kappa shape index (κ1) is 17.3. The summed E-state index contributed by atoms with van der Waals surface area (Å²) in [6.45, 7) is 4.77. The van der Waals surface area contributed by atoms with E-state index in [0.29, 0.717) is 5.56 Å². The first-order chi connectivity index (χ1) is 9.53. The average Bonchev–Trinajstić information content (AvgIpc) is 2.27. The summed E-state index contributed by atoms with van der Waals surface area (Å²) in [7, 11) is 0. The highest BCUT2D eigenvalue weighted by atomic mass is 19.4. The molecule has 0 heterocycles. The van der Waals surface area contributed by atoms with E-state index >= 15 is 0 Å². The van der Waals surface area contributed by atoms with E-state index in [0.717, 1.165) is 12.1 Å². The van der Waals surface area contributed by atoms with Crippen molar-refractivity contribution in [2.75, 3.05) is 5.32 Å². The van der Waals surface area contributed by atoms with E-state index in [1.165, 1.54) is 6.07 Å². The van der Waals surface area contributed by atoms with Gasteiger partial charge in [-0.25, -0.2) is 10.7 Å². The molecule has 21 heavy (non-hydrogen) atoms. The number of benzene rings is 1. The van der Waals surface area contributed by atoms with Crippen molar-refractivity contribution >= 4 is 11.8 Å². The molecular formula is C13H17F3N2O3. The van der Waals surface area contributed by atoms with Crippen LogP contribution in [0.25, 0.3) is 0 Å². The molecule has 3 N–H and O–H groups in total. The van der Waals surface area contributed by atoms with Gasteiger partial charge >= 0.3 is 12.3 Å². The minimum atomic E-state index is -4.52. The van der Waals surface area contributed by atoms with Gasteiger partial charge in [0.2, 0.25) is 0 Å². The SMILES string of the molecule is CC(C)(C)OC(=O)Nc1cc(C(F)(F)F)ccc1CON. The van der Waals surface area contributed by atoms with Crippen LogP contribution in [0.1, 0.15) is 31.9 Å². The molecule has 1 rings (SSSR count). The zero-order valence-electron chi connectivity index (χ0n) is 11.9. The molecule has 0 radical (unpaired) electrons. The Morgan fingerprint density at radius 2 is 1.90 bits per heavy atom. The number of alkyl halides is 3. The predicted octanol–water partition coefficient (Wildman–Crippen LogP) is 3.44. The Morgan fingerprint density at radius 1 is 1.29 bits per heavy atom. The highest BCUT2D eigenvalue weighted by Gasteiger charge is 2.31. The lowest BCUT2D eigenvalue weighted by molar-refractivity contribution is -0.137. The van der Waals surface area contributed by atoms with Crippen molar-refractivity contribution < 1.29 is 27.5 Å². The van der Waals surface area contributed by atoms with Crippen LogP contribution < -0.4 is 11.2 Å². The first-order valence-electron chi connectivity index (χ1n) is 6.05. The molecule has 1 amide bonds. The number of nitrogens with one attached hydrogen (secondary N) is 1. The van der Waals surface area contributed by atoms with Gasteiger partial charge in [0.05, 0.1) is 17.9 Å². The second-order valence-corrected chi connectivity index (χ2v) is 5.31. The number of rotatable bonds is 3. The topological polar surface area (TPSA) is 73.6 Å². The molecule has 118 valence electrons. The maximum Gasteiger partial charge on any atom is 0.416 e. The van der Waals surface area contributed by atoms with Crippen LogP contribution in [0.3, 0.4) is 0 Å². The van der Waals surface area contributed by atoms with Crippen molar-refractivity contribution in [2.45, 2.75) is 39.2 Å². The summed E-state index contributed by atoms with van der Waals surface area (Å²) in [6.07, 6.45) is -5.38. The van der Waals surface area contributed by atoms with E-state index in [4.69, 9.17) is 10.6 Å². The quantitative estimate of drug-likeness (QED) is 0.839.